The van der Waals surface area contributed by atoms with E-state index >= 15 is 0 Å². The first-order valence-electron chi connectivity index (χ1n) is 8.04. The lowest BCUT2D eigenvalue weighted by molar-refractivity contribution is -0.123. The molecule has 6 nitrogen and oxygen atoms in total. The highest BCUT2D eigenvalue weighted by Crippen LogP contribution is 2.35. The van der Waals surface area contributed by atoms with Crippen LogP contribution in [-0.2, 0) is 16.1 Å². The fraction of sp³-hybridized carbons (Fsp3) is 0.105. The summed E-state index contributed by atoms with van der Waals surface area (Å²) in [6.07, 6.45) is 1.65. The van der Waals surface area contributed by atoms with Crippen LogP contribution >= 0.6 is 43.6 Å². The molecule has 0 saturated carbocycles. The number of primary amides is 1. The van der Waals surface area contributed by atoms with Gasteiger partial charge in [-0.3, -0.25) is 19.3 Å². The van der Waals surface area contributed by atoms with Gasteiger partial charge in [0.1, 0.15) is 5.75 Å². The van der Waals surface area contributed by atoms with Crippen molar-refractivity contribution in [1.82, 2.24) is 4.90 Å². The minimum Gasteiger partial charge on any atom is -0.483 e. The van der Waals surface area contributed by atoms with Gasteiger partial charge in [0.15, 0.2) is 6.61 Å². The Labute approximate surface area is 182 Å². The van der Waals surface area contributed by atoms with Gasteiger partial charge in [-0.1, -0.05) is 40.2 Å². The highest BCUT2D eigenvalue weighted by molar-refractivity contribution is 9.10. The number of nitrogens with zero attached hydrogens (tertiary/aromatic N) is 1. The molecule has 144 valence electrons. The number of carbonyl (C=O) groups is 3. The Morgan fingerprint density at radius 1 is 1.14 bits per heavy atom. The van der Waals surface area contributed by atoms with Crippen LogP contribution in [-0.4, -0.2) is 28.6 Å². The smallest absolute Gasteiger partial charge is 0.293 e. The average molecular weight is 526 g/mol. The summed E-state index contributed by atoms with van der Waals surface area (Å²) in [5, 5.41) is -0.313. The SMILES string of the molecule is NC(=O)COc1ccc(/C=C2\SC(=O)N(Cc3ccccc3Br)C2=O)cc1Br. The second-order valence-corrected chi connectivity index (χ2v) is 8.51. The van der Waals surface area contributed by atoms with Crippen molar-refractivity contribution in [2.75, 3.05) is 6.61 Å². The minimum absolute atomic E-state index is 0.201. The lowest BCUT2D eigenvalue weighted by Gasteiger charge is -2.13. The van der Waals surface area contributed by atoms with Crippen LogP contribution in [0.4, 0.5) is 4.79 Å². The minimum atomic E-state index is -0.574. The Hall–Kier alpha value is -2.10. The zero-order valence-electron chi connectivity index (χ0n) is 14.4. The van der Waals surface area contributed by atoms with E-state index < -0.39 is 5.91 Å². The van der Waals surface area contributed by atoms with Gasteiger partial charge in [-0.25, -0.2) is 0 Å². The molecule has 0 unspecified atom stereocenters. The summed E-state index contributed by atoms with van der Waals surface area (Å²) < 4.78 is 6.72. The summed E-state index contributed by atoms with van der Waals surface area (Å²) in [4.78, 5) is 37.4. The molecule has 2 N–H and O–H groups in total. The summed E-state index contributed by atoms with van der Waals surface area (Å²) in [5.41, 5.74) is 6.63. The summed E-state index contributed by atoms with van der Waals surface area (Å²) in [6, 6.07) is 12.6. The average Bonchev–Trinajstić information content (AvgIpc) is 2.90. The molecule has 0 radical (unpaired) electrons. The van der Waals surface area contributed by atoms with Crippen molar-refractivity contribution in [2.45, 2.75) is 6.54 Å². The monoisotopic (exact) mass is 524 g/mol. The fourth-order valence-corrected chi connectivity index (χ4v) is 4.22. The molecule has 9 heteroatoms. The second-order valence-electron chi connectivity index (χ2n) is 5.80. The molecule has 1 aliphatic heterocycles. The van der Waals surface area contributed by atoms with Crippen LogP contribution in [0.5, 0.6) is 5.75 Å². The Bertz CT molecular complexity index is 994. The van der Waals surface area contributed by atoms with Gasteiger partial charge >= 0.3 is 0 Å². The first-order chi connectivity index (χ1) is 13.3. The second kappa shape index (κ2) is 8.93. The molecule has 0 spiro atoms. The predicted octanol–water partition coefficient (Wildman–Crippen LogP) is 4.31. The Balaban J connectivity index is 1.77. The van der Waals surface area contributed by atoms with Crippen molar-refractivity contribution in [3.63, 3.8) is 0 Å². The molecule has 1 fully saturated rings. The molecule has 1 saturated heterocycles. The number of rotatable bonds is 6. The summed E-state index contributed by atoms with van der Waals surface area (Å²) in [5.74, 6) is -0.455. The summed E-state index contributed by atoms with van der Waals surface area (Å²) >= 11 is 7.69. The van der Waals surface area contributed by atoms with E-state index in [1.165, 1.54) is 4.90 Å². The Morgan fingerprint density at radius 2 is 1.89 bits per heavy atom. The molecule has 1 aliphatic rings. The topological polar surface area (TPSA) is 89.7 Å². The Kier molecular flexibility index (Phi) is 6.58. The number of ether oxygens (including phenoxy) is 1. The van der Waals surface area contributed by atoms with Gasteiger partial charge in [0.2, 0.25) is 0 Å². The van der Waals surface area contributed by atoms with Crippen molar-refractivity contribution in [2.24, 2.45) is 5.73 Å². The Morgan fingerprint density at radius 3 is 2.57 bits per heavy atom. The maximum Gasteiger partial charge on any atom is 0.293 e. The van der Waals surface area contributed by atoms with E-state index in [-0.39, 0.29) is 24.3 Å². The highest BCUT2D eigenvalue weighted by Gasteiger charge is 2.35. The van der Waals surface area contributed by atoms with E-state index in [2.05, 4.69) is 31.9 Å². The molecule has 2 aromatic rings. The van der Waals surface area contributed by atoms with Crippen molar-refractivity contribution in [1.29, 1.82) is 0 Å². The maximum absolute atomic E-state index is 12.7. The number of hydrogen-bond acceptors (Lipinski definition) is 5. The molecule has 0 bridgehead atoms. The normalized spacial score (nSPS) is 15.4. The standard InChI is InChI=1S/C19H14Br2N2O4S/c20-13-4-2-1-3-12(13)9-23-18(25)16(28-19(23)26)8-11-5-6-15(14(21)7-11)27-10-17(22)24/h1-8H,9-10H2,(H2,22,24)/b16-8-. The van der Waals surface area contributed by atoms with Gasteiger partial charge in [-0.15, -0.1) is 0 Å². The molecular formula is C19H14Br2N2O4S. The molecule has 3 rings (SSSR count). The van der Waals surface area contributed by atoms with Crippen LogP contribution in [0.3, 0.4) is 0 Å². The quantitative estimate of drug-likeness (QED) is 0.567. The number of benzene rings is 2. The molecule has 3 amide bonds. The van der Waals surface area contributed by atoms with Crippen LogP contribution in [0, 0.1) is 0 Å². The van der Waals surface area contributed by atoms with E-state index in [0.29, 0.717) is 20.7 Å². The molecule has 0 atom stereocenters. The fourth-order valence-electron chi connectivity index (χ4n) is 2.46. The highest BCUT2D eigenvalue weighted by atomic mass is 79.9. The number of amides is 3. The zero-order chi connectivity index (χ0) is 20.3. The van der Waals surface area contributed by atoms with Gasteiger partial charge in [-0.05, 0) is 63.1 Å². The lowest BCUT2D eigenvalue weighted by atomic mass is 10.2. The number of carbonyl (C=O) groups excluding carboxylic acids is 3. The van der Waals surface area contributed by atoms with Crippen LogP contribution in [0.25, 0.3) is 6.08 Å². The largest absolute Gasteiger partial charge is 0.483 e. The van der Waals surface area contributed by atoms with E-state index in [1.54, 1.807) is 24.3 Å². The van der Waals surface area contributed by atoms with Gasteiger partial charge < -0.3 is 10.5 Å². The summed E-state index contributed by atoms with van der Waals surface area (Å²) in [7, 11) is 0. The number of thioether (sulfide) groups is 1. The van der Waals surface area contributed by atoms with Crippen molar-refractivity contribution in [3.05, 3.63) is 67.4 Å². The lowest BCUT2D eigenvalue weighted by Crippen LogP contribution is -2.27. The third-order valence-electron chi connectivity index (χ3n) is 3.78. The van der Waals surface area contributed by atoms with E-state index in [0.717, 1.165) is 21.8 Å². The molecule has 1 heterocycles. The molecule has 0 aliphatic carbocycles. The molecule has 2 aromatic carbocycles. The number of imide groups is 1. The van der Waals surface area contributed by atoms with Gasteiger partial charge in [-0.2, -0.15) is 0 Å². The van der Waals surface area contributed by atoms with Crippen LogP contribution < -0.4 is 10.5 Å². The van der Waals surface area contributed by atoms with Gasteiger partial charge in [0.25, 0.3) is 17.1 Å². The van der Waals surface area contributed by atoms with E-state index in [4.69, 9.17) is 10.5 Å². The van der Waals surface area contributed by atoms with Crippen molar-refractivity contribution in [3.8, 4) is 5.75 Å². The maximum atomic E-state index is 12.7. The van der Waals surface area contributed by atoms with E-state index in [9.17, 15) is 14.4 Å². The molecule has 0 aromatic heterocycles. The number of hydrogen-bond donors (Lipinski definition) is 1. The number of halogens is 2. The third-order valence-corrected chi connectivity index (χ3v) is 6.08. The first kappa shape index (κ1) is 20.6. The van der Waals surface area contributed by atoms with Gasteiger partial charge in [0.05, 0.1) is 15.9 Å². The van der Waals surface area contributed by atoms with Crippen molar-refractivity contribution < 1.29 is 19.1 Å². The van der Waals surface area contributed by atoms with E-state index in [1.807, 2.05) is 24.3 Å². The van der Waals surface area contributed by atoms with Gasteiger partial charge in [0, 0.05) is 4.47 Å². The third kappa shape index (κ3) is 4.84. The van der Waals surface area contributed by atoms with Crippen LogP contribution in [0.15, 0.2) is 56.3 Å². The zero-order valence-corrected chi connectivity index (χ0v) is 18.3. The van der Waals surface area contributed by atoms with Crippen molar-refractivity contribution >= 4 is 66.8 Å². The first-order valence-corrected chi connectivity index (χ1v) is 10.4. The van der Waals surface area contributed by atoms with Crippen LogP contribution in [0.1, 0.15) is 11.1 Å². The number of nitrogens with two attached hydrogens (primary N) is 1. The molecular weight excluding hydrogens is 512 g/mol. The van der Waals surface area contributed by atoms with Crippen LogP contribution in [0.2, 0.25) is 0 Å². The summed E-state index contributed by atoms with van der Waals surface area (Å²) in [6.45, 7) is -0.0289. The molecule has 28 heavy (non-hydrogen) atoms. The predicted molar refractivity (Wildman–Crippen MR) is 114 cm³/mol.